The van der Waals surface area contributed by atoms with Crippen molar-refractivity contribution in [3.05, 3.63) is 18.2 Å². The highest BCUT2D eigenvalue weighted by molar-refractivity contribution is 9.09. The second-order valence-corrected chi connectivity index (χ2v) is 9.24. The van der Waals surface area contributed by atoms with Crippen LogP contribution in [0.15, 0.2) is 28.0 Å². The highest BCUT2D eigenvalue weighted by Crippen LogP contribution is 2.28. The summed E-state index contributed by atoms with van der Waals surface area (Å²) >= 11 is 3.32. The molecule has 1 rings (SSSR count). The monoisotopic (exact) mass is 383 g/mol. The van der Waals surface area contributed by atoms with Gasteiger partial charge in [-0.3, -0.25) is 0 Å². The van der Waals surface area contributed by atoms with Gasteiger partial charge in [-0.25, -0.2) is 16.8 Å². The molecule has 0 saturated carbocycles. The maximum atomic E-state index is 11.9. The maximum absolute atomic E-state index is 11.9. The van der Waals surface area contributed by atoms with Crippen LogP contribution < -0.4 is 4.90 Å². The van der Waals surface area contributed by atoms with Crippen molar-refractivity contribution in [2.75, 3.05) is 35.8 Å². The molecular weight excluding hydrogens is 366 g/mol. The Bertz CT molecular complexity index is 683. The summed E-state index contributed by atoms with van der Waals surface area (Å²) in [5.41, 5.74) is 0.529. The summed E-state index contributed by atoms with van der Waals surface area (Å²) in [7, 11) is -6.95. The predicted molar refractivity (Wildman–Crippen MR) is 84.3 cm³/mol. The van der Waals surface area contributed by atoms with Gasteiger partial charge < -0.3 is 4.90 Å². The number of halogens is 1. The van der Waals surface area contributed by atoms with Gasteiger partial charge in [0.1, 0.15) is 0 Å². The van der Waals surface area contributed by atoms with Crippen molar-refractivity contribution in [3.63, 3.8) is 0 Å². The first-order chi connectivity index (χ1) is 9.11. The van der Waals surface area contributed by atoms with E-state index >= 15 is 0 Å². The molecule has 0 amide bonds. The van der Waals surface area contributed by atoms with Gasteiger partial charge in [-0.05, 0) is 25.1 Å². The summed E-state index contributed by atoms with van der Waals surface area (Å²) in [6.45, 7) is 3.18. The number of anilines is 1. The van der Waals surface area contributed by atoms with Crippen LogP contribution in [-0.2, 0) is 19.7 Å². The lowest BCUT2D eigenvalue weighted by Crippen LogP contribution is -2.26. The van der Waals surface area contributed by atoms with Gasteiger partial charge in [0, 0.05) is 30.9 Å². The third kappa shape index (κ3) is 4.20. The summed E-state index contributed by atoms with van der Waals surface area (Å²) in [6.07, 6.45) is 2.14. The summed E-state index contributed by atoms with van der Waals surface area (Å²) in [5.74, 6) is 0. The van der Waals surface area contributed by atoms with E-state index in [0.29, 0.717) is 24.1 Å². The van der Waals surface area contributed by atoms with E-state index in [9.17, 15) is 16.8 Å². The minimum atomic E-state index is -3.51. The van der Waals surface area contributed by atoms with Gasteiger partial charge in [0.05, 0.1) is 15.5 Å². The highest BCUT2D eigenvalue weighted by atomic mass is 79.9. The standard InChI is InChI=1S/C12H18BrNO4S2/c1-4-14(8-7-13)11-6-5-10(19(2,15)16)9-12(11)20(3,17)18/h5-6,9H,4,7-8H2,1-3H3. The SMILES string of the molecule is CCN(CCBr)c1ccc(S(C)(=O)=O)cc1S(C)(=O)=O. The molecule has 0 radical (unpaired) electrons. The fourth-order valence-electron chi connectivity index (χ4n) is 1.83. The molecular formula is C12H18BrNO4S2. The molecule has 0 aliphatic rings. The Hall–Kier alpha value is -0.600. The molecule has 0 saturated heterocycles. The number of benzene rings is 1. The first kappa shape index (κ1) is 17.5. The molecule has 1 aromatic rings. The zero-order valence-electron chi connectivity index (χ0n) is 11.6. The third-order valence-corrected chi connectivity index (χ3v) is 5.43. The van der Waals surface area contributed by atoms with Gasteiger partial charge in [-0.1, -0.05) is 15.9 Å². The van der Waals surface area contributed by atoms with Crippen molar-refractivity contribution >= 4 is 41.3 Å². The Balaban J connectivity index is 3.54. The summed E-state index contributed by atoms with van der Waals surface area (Å²) in [6, 6.07) is 4.23. The molecule has 0 atom stereocenters. The lowest BCUT2D eigenvalue weighted by molar-refractivity contribution is 0.600. The fourth-order valence-corrected chi connectivity index (χ4v) is 3.90. The molecule has 0 unspecified atom stereocenters. The van der Waals surface area contributed by atoms with Gasteiger partial charge in [0.2, 0.25) is 0 Å². The van der Waals surface area contributed by atoms with Gasteiger partial charge >= 0.3 is 0 Å². The van der Waals surface area contributed by atoms with Crippen molar-refractivity contribution in [3.8, 4) is 0 Å². The quantitative estimate of drug-likeness (QED) is 0.699. The van der Waals surface area contributed by atoms with Crippen LogP contribution in [0.3, 0.4) is 0 Å². The number of hydrogen-bond acceptors (Lipinski definition) is 5. The van der Waals surface area contributed by atoms with Gasteiger partial charge in [0.25, 0.3) is 0 Å². The van der Waals surface area contributed by atoms with Gasteiger partial charge in [-0.15, -0.1) is 0 Å². The van der Waals surface area contributed by atoms with Gasteiger partial charge in [0.15, 0.2) is 19.7 Å². The molecule has 0 spiro atoms. The number of sulfone groups is 2. The molecule has 0 aliphatic heterocycles. The smallest absolute Gasteiger partial charge is 0.177 e. The molecule has 0 aliphatic carbocycles. The molecule has 114 valence electrons. The van der Waals surface area contributed by atoms with Crippen LogP contribution in [0.5, 0.6) is 0 Å². The lowest BCUT2D eigenvalue weighted by atomic mass is 10.3. The normalized spacial score (nSPS) is 12.4. The van der Waals surface area contributed by atoms with Crippen LogP contribution >= 0.6 is 15.9 Å². The Morgan fingerprint density at radius 1 is 1.10 bits per heavy atom. The van der Waals surface area contributed by atoms with E-state index in [2.05, 4.69) is 15.9 Å². The van der Waals surface area contributed by atoms with E-state index in [1.54, 1.807) is 6.07 Å². The molecule has 0 bridgehead atoms. The van der Waals surface area contributed by atoms with E-state index in [1.165, 1.54) is 12.1 Å². The molecule has 1 aromatic carbocycles. The molecule has 20 heavy (non-hydrogen) atoms. The minimum Gasteiger partial charge on any atom is -0.370 e. The lowest BCUT2D eigenvalue weighted by Gasteiger charge is -2.24. The zero-order chi connectivity index (χ0) is 15.6. The Morgan fingerprint density at radius 2 is 1.70 bits per heavy atom. The molecule has 0 fully saturated rings. The predicted octanol–water partition coefficient (Wildman–Crippen LogP) is 1.71. The molecule has 8 heteroatoms. The van der Waals surface area contributed by atoms with E-state index < -0.39 is 19.7 Å². The Labute approximate surface area is 128 Å². The molecule has 0 aromatic heterocycles. The number of nitrogens with zero attached hydrogens (tertiary/aromatic N) is 1. The maximum Gasteiger partial charge on any atom is 0.177 e. The van der Waals surface area contributed by atoms with Crippen LogP contribution in [0.25, 0.3) is 0 Å². The average Bonchev–Trinajstić information content (AvgIpc) is 2.33. The second-order valence-electron chi connectivity index (χ2n) is 4.44. The number of alkyl halides is 1. The van der Waals surface area contributed by atoms with Crippen LogP contribution in [0, 0.1) is 0 Å². The summed E-state index contributed by atoms with van der Waals surface area (Å²) in [5, 5.41) is 0.692. The van der Waals surface area contributed by atoms with Crippen LogP contribution in [0.4, 0.5) is 5.69 Å². The molecule has 5 nitrogen and oxygen atoms in total. The fraction of sp³-hybridized carbons (Fsp3) is 0.500. The zero-order valence-corrected chi connectivity index (χ0v) is 14.8. The van der Waals surface area contributed by atoms with Crippen molar-refractivity contribution in [1.29, 1.82) is 0 Å². The minimum absolute atomic E-state index is 0.0107. The number of rotatable bonds is 6. The van der Waals surface area contributed by atoms with E-state index in [4.69, 9.17) is 0 Å². The summed E-state index contributed by atoms with van der Waals surface area (Å²) in [4.78, 5) is 1.94. The largest absolute Gasteiger partial charge is 0.370 e. The second kappa shape index (κ2) is 6.44. The highest BCUT2D eigenvalue weighted by Gasteiger charge is 2.20. The van der Waals surface area contributed by atoms with Crippen molar-refractivity contribution < 1.29 is 16.8 Å². The van der Waals surface area contributed by atoms with E-state index in [1.807, 2.05) is 11.8 Å². The summed E-state index contributed by atoms with van der Waals surface area (Å²) < 4.78 is 47.0. The van der Waals surface area contributed by atoms with Crippen LogP contribution in [-0.4, -0.2) is 47.8 Å². The van der Waals surface area contributed by atoms with Crippen molar-refractivity contribution in [2.24, 2.45) is 0 Å². The Morgan fingerprint density at radius 3 is 2.10 bits per heavy atom. The molecule has 0 heterocycles. The van der Waals surface area contributed by atoms with E-state index in [-0.39, 0.29) is 9.79 Å². The first-order valence-corrected chi connectivity index (χ1v) is 10.9. The van der Waals surface area contributed by atoms with Crippen LogP contribution in [0.1, 0.15) is 6.92 Å². The van der Waals surface area contributed by atoms with E-state index in [0.717, 1.165) is 12.5 Å². The Kier molecular flexibility index (Phi) is 5.62. The van der Waals surface area contributed by atoms with Crippen molar-refractivity contribution in [1.82, 2.24) is 0 Å². The van der Waals surface area contributed by atoms with Crippen molar-refractivity contribution in [2.45, 2.75) is 16.7 Å². The average molecular weight is 384 g/mol. The van der Waals surface area contributed by atoms with Gasteiger partial charge in [-0.2, -0.15) is 0 Å². The first-order valence-electron chi connectivity index (χ1n) is 5.96. The molecule has 0 N–H and O–H groups in total. The van der Waals surface area contributed by atoms with Crippen LogP contribution in [0.2, 0.25) is 0 Å². The third-order valence-electron chi connectivity index (χ3n) is 2.84. The number of hydrogen-bond donors (Lipinski definition) is 0. The topological polar surface area (TPSA) is 71.5 Å².